The first kappa shape index (κ1) is 8.02. The van der Waals surface area contributed by atoms with E-state index in [-0.39, 0.29) is 0 Å². The summed E-state index contributed by atoms with van der Waals surface area (Å²) in [6.07, 6.45) is 2.52. The molecule has 2 nitrogen and oxygen atoms in total. The van der Waals surface area contributed by atoms with E-state index in [0.717, 1.165) is 19.8 Å². The Morgan fingerprint density at radius 3 is 2.90 bits per heavy atom. The van der Waals surface area contributed by atoms with Gasteiger partial charge < -0.3 is 10.1 Å². The van der Waals surface area contributed by atoms with Crippen LogP contribution in [0.4, 0.5) is 0 Å². The van der Waals surface area contributed by atoms with Crippen molar-refractivity contribution in [2.75, 3.05) is 26.8 Å². The van der Waals surface area contributed by atoms with E-state index in [1.54, 1.807) is 0 Å². The third kappa shape index (κ3) is 1.96. The van der Waals surface area contributed by atoms with E-state index < -0.39 is 0 Å². The van der Waals surface area contributed by atoms with E-state index in [4.69, 9.17) is 4.74 Å². The number of hydrogen-bond acceptors (Lipinski definition) is 2. The summed E-state index contributed by atoms with van der Waals surface area (Å²) in [7, 11) is 2.00. The molecule has 1 rings (SSSR count). The van der Waals surface area contributed by atoms with Crippen LogP contribution in [0.2, 0.25) is 0 Å². The highest BCUT2D eigenvalue weighted by atomic mass is 16.5. The van der Waals surface area contributed by atoms with Crippen molar-refractivity contribution in [3.63, 3.8) is 0 Å². The molecule has 0 aromatic heterocycles. The van der Waals surface area contributed by atoms with Crippen LogP contribution in [-0.4, -0.2) is 26.8 Å². The molecule has 2 heteroatoms. The molecule has 0 aromatic rings. The van der Waals surface area contributed by atoms with Crippen LogP contribution in [0.25, 0.3) is 0 Å². The summed E-state index contributed by atoms with van der Waals surface area (Å²) in [6.45, 7) is 5.24. The van der Waals surface area contributed by atoms with Crippen molar-refractivity contribution in [3.05, 3.63) is 0 Å². The fourth-order valence-corrected chi connectivity index (χ4v) is 1.56. The molecule has 0 amide bonds. The van der Waals surface area contributed by atoms with Crippen LogP contribution >= 0.6 is 0 Å². The Labute approximate surface area is 63.0 Å². The molecule has 0 aliphatic carbocycles. The largest absolute Gasteiger partial charge is 0.381 e. The van der Waals surface area contributed by atoms with Crippen molar-refractivity contribution < 1.29 is 4.74 Å². The van der Waals surface area contributed by atoms with Crippen molar-refractivity contribution in [3.8, 4) is 0 Å². The Hall–Kier alpha value is -0.0800. The SMILES string of the molecule is CNC[C@]1(C)CCCOC1. The molecule has 0 saturated carbocycles. The molecule has 0 unspecified atom stereocenters. The average Bonchev–Trinajstić information content (AvgIpc) is 1.89. The predicted octanol–water partition coefficient (Wildman–Crippen LogP) is 1.02. The minimum absolute atomic E-state index is 0.396. The third-order valence-electron chi connectivity index (χ3n) is 2.12. The first-order chi connectivity index (χ1) is 4.77. The Morgan fingerprint density at radius 2 is 2.40 bits per heavy atom. The minimum Gasteiger partial charge on any atom is -0.381 e. The van der Waals surface area contributed by atoms with Crippen LogP contribution in [0.5, 0.6) is 0 Å². The predicted molar refractivity (Wildman–Crippen MR) is 42.1 cm³/mol. The molecule has 0 spiro atoms. The lowest BCUT2D eigenvalue weighted by atomic mass is 9.85. The maximum atomic E-state index is 5.40. The van der Waals surface area contributed by atoms with Gasteiger partial charge in [-0.25, -0.2) is 0 Å². The smallest absolute Gasteiger partial charge is 0.0531 e. The molecule has 1 atom stereocenters. The van der Waals surface area contributed by atoms with Gasteiger partial charge in [-0.1, -0.05) is 6.92 Å². The van der Waals surface area contributed by atoms with Crippen molar-refractivity contribution in [1.82, 2.24) is 5.32 Å². The first-order valence-electron chi connectivity index (χ1n) is 3.99. The number of nitrogens with one attached hydrogen (secondary N) is 1. The molecule has 10 heavy (non-hydrogen) atoms. The van der Waals surface area contributed by atoms with E-state index in [1.165, 1.54) is 12.8 Å². The Morgan fingerprint density at radius 1 is 1.60 bits per heavy atom. The maximum absolute atomic E-state index is 5.40. The van der Waals surface area contributed by atoms with Gasteiger partial charge >= 0.3 is 0 Å². The third-order valence-corrected chi connectivity index (χ3v) is 2.12. The Kier molecular flexibility index (Phi) is 2.69. The quantitative estimate of drug-likeness (QED) is 0.623. The second-order valence-corrected chi connectivity index (χ2v) is 3.50. The maximum Gasteiger partial charge on any atom is 0.0531 e. The molecule has 1 N–H and O–H groups in total. The van der Waals surface area contributed by atoms with Crippen molar-refractivity contribution in [2.45, 2.75) is 19.8 Å². The van der Waals surface area contributed by atoms with Gasteiger partial charge in [0, 0.05) is 18.6 Å². The van der Waals surface area contributed by atoms with Crippen LogP contribution in [0.15, 0.2) is 0 Å². The molecular formula is C8H17NO. The lowest BCUT2D eigenvalue weighted by Gasteiger charge is -2.32. The van der Waals surface area contributed by atoms with Gasteiger partial charge in [0.2, 0.25) is 0 Å². The second-order valence-electron chi connectivity index (χ2n) is 3.50. The van der Waals surface area contributed by atoms with Gasteiger partial charge in [-0.15, -0.1) is 0 Å². The molecular weight excluding hydrogens is 126 g/mol. The number of hydrogen-bond donors (Lipinski definition) is 1. The van der Waals surface area contributed by atoms with Crippen LogP contribution in [-0.2, 0) is 4.74 Å². The van der Waals surface area contributed by atoms with Crippen molar-refractivity contribution in [2.24, 2.45) is 5.41 Å². The summed E-state index contributed by atoms with van der Waals surface area (Å²) in [4.78, 5) is 0. The second kappa shape index (κ2) is 3.35. The van der Waals surface area contributed by atoms with Gasteiger partial charge in [0.05, 0.1) is 6.61 Å². The highest BCUT2D eigenvalue weighted by Crippen LogP contribution is 2.26. The average molecular weight is 143 g/mol. The first-order valence-corrected chi connectivity index (χ1v) is 3.99. The fraction of sp³-hybridized carbons (Fsp3) is 1.00. The zero-order valence-electron chi connectivity index (χ0n) is 6.94. The van der Waals surface area contributed by atoms with Gasteiger partial charge in [-0.05, 0) is 19.9 Å². The summed E-state index contributed by atoms with van der Waals surface area (Å²) in [6, 6.07) is 0. The van der Waals surface area contributed by atoms with Gasteiger partial charge in [0.15, 0.2) is 0 Å². The molecule has 1 saturated heterocycles. The molecule has 0 bridgehead atoms. The van der Waals surface area contributed by atoms with E-state index >= 15 is 0 Å². The fourth-order valence-electron chi connectivity index (χ4n) is 1.56. The van der Waals surface area contributed by atoms with Crippen LogP contribution in [0.3, 0.4) is 0 Å². The Bertz CT molecular complexity index is 91.9. The van der Waals surface area contributed by atoms with Crippen LogP contribution < -0.4 is 5.32 Å². The summed E-state index contributed by atoms with van der Waals surface area (Å²) in [5.41, 5.74) is 0.396. The minimum atomic E-state index is 0.396. The Balaban J connectivity index is 2.32. The van der Waals surface area contributed by atoms with Gasteiger partial charge in [-0.2, -0.15) is 0 Å². The zero-order chi connectivity index (χ0) is 7.45. The normalized spacial score (nSPS) is 34.2. The molecule has 0 radical (unpaired) electrons. The van der Waals surface area contributed by atoms with Gasteiger partial charge in [0.1, 0.15) is 0 Å². The van der Waals surface area contributed by atoms with E-state index in [9.17, 15) is 0 Å². The molecule has 1 aliphatic heterocycles. The summed E-state index contributed by atoms with van der Waals surface area (Å²) >= 11 is 0. The molecule has 1 heterocycles. The van der Waals surface area contributed by atoms with E-state index in [2.05, 4.69) is 12.2 Å². The lowest BCUT2D eigenvalue weighted by molar-refractivity contribution is 0.00403. The molecule has 1 fully saturated rings. The zero-order valence-corrected chi connectivity index (χ0v) is 6.94. The highest BCUT2D eigenvalue weighted by molar-refractivity contribution is 4.78. The molecule has 60 valence electrons. The molecule has 0 aromatic carbocycles. The number of ether oxygens (including phenoxy) is 1. The van der Waals surface area contributed by atoms with E-state index in [1.807, 2.05) is 7.05 Å². The monoisotopic (exact) mass is 143 g/mol. The summed E-state index contributed by atoms with van der Waals surface area (Å²) in [5, 5.41) is 3.20. The standard InChI is InChI=1S/C8H17NO/c1-8(6-9-2)4-3-5-10-7-8/h9H,3-7H2,1-2H3/t8-/m0/s1. The van der Waals surface area contributed by atoms with Crippen LogP contribution in [0, 0.1) is 5.41 Å². The van der Waals surface area contributed by atoms with Crippen molar-refractivity contribution >= 4 is 0 Å². The topological polar surface area (TPSA) is 21.3 Å². The number of rotatable bonds is 2. The lowest BCUT2D eigenvalue weighted by Crippen LogP contribution is -2.37. The van der Waals surface area contributed by atoms with E-state index in [0.29, 0.717) is 5.41 Å². The highest BCUT2D eigenvalue weighted by Gasteiger charge is 2.26. The molecule has 1 aliphatic rings. The summed E-state index contributed by atoms with van der Waals surface area (Å²) in [5.74, 6) is 0. The van der Waals surface area contributed by atoms with Gasteiger partial charge in [-0.3, -0.25) is 0 Å². The van der Waals surface area contributed by atoms with Crippen molar-refractivity contribution in [1.29, 1.82) is 0 Å². The van der Waals surface area contributed by atoms with Crippen LogP contribution in [0.1, 0.15) is 19.8 Å². The van der Waals surface area contributed by atoms with Gasteiger partial charge in [0.25, 0.3) is 0 Å². The summed E-state index contributed by atoms with van der Waals surface area (Å²) < 4.78 is 5.40.